The van der Waals surface area contributed by atoms with Crippen molar-refractivity contribution in [1.82, 2.24) is 14.8 Å². The van der Waals surface area contributed by atoms with Crippen LogP contribution >= 0.6 is 0 Å². The average molecular weight is 249 g/mol. The van der Waals surface area contributed by atoms with Gasteiger partial charge in [-0.2, -0.15) is 0 Å². The summed E-state index contributed by atoms with van der Waals surface area (Å²) in [5.41, 5.74) is 1.31. The summed E-state index contributed by atoms with van der Waals surface area (Å²) in [5, 5.41) is 8.97. The van der Waals surface area contributed by atoms with Crippen LogP contribution in [0.3, 0.4) is 0 Å². The maximum atomic E-state index is 8.97. The van der Waals surface area contributed by atoms with Gasteiger partial charge in [0.15, 0.2) is 0 Å². The zero-order valence-corrected chi connectivity index (χ0v) is 11.0. The van der Waals surface area contributed by atoms with Crippen LogP contribution in [-0.4, -0.2) is 65.8 Å². The molecule has 4 nitrogen and oxygen atoms in total. The Morgan fingerprint density at radius 1 is 1.11 bits per heavy atom. The topological polar surface area (TPSA) is 39.6 Å². The van der Waals surface area contributed by atoms with Gasteiger partial charge in [-0.3, -0.25) is 9.88 Å². The second kappa shape index (κ2) is 7.46. The predicted octanol–water partition coefficient (Wildman–Crippen LogP) is 0.624. The molecule has 1 N–H and O–H groups in total. The Kier molecular flexibility index (Phi) is 5.58. The lowest BCUT2D eigenvalue weighted by atomic mass is 10.2. The molecule has 1 saturated heterocycles. The van der Waals surface area contributed by atoms with Crippen molar-refractivity contribution in [2.75, 3.05) is 45.9 Å². The van der Waals surface area contributed by atoms with Crippen LogP contribution in [0.2, 0.25) is 0 Å². The first kappa shape index (κ1) is 13.5. The van der Waals surface area contributed by atoms with Crippen LogP contribution < -0.4 is 0 Å². The van der Waals surface area contributed by atoms with E-state index >= 15 is 0 Å². The Bertz CT molecular complexity index is 331. The van der Waals surface area contributed by atoms with Gasteiger partial charge in [-0.1, -0.05) is 6.07 Å². The normalized spacial score (nSPS) is 18.7. The standard InChI is InChI=1S/C14H23N3O/c18-12-11-17-7-2-6-16(9-10-17)8-4-14-3-1-5-15-13-14/h1,3,5,13,18H,2,4,6-12H2. The maximum absolute atomic E-state index is 8.97. The van der Waals surface area contributed by atoms with Gasteiger partial charge in [-0.25, -0.2) is 0 Å². The minimum atomic E-state index is 0.273. The van der Waals surface area contributed by atoms with Crippen molar-refractivity contribution >= 4 is 0 Å². The molecule has 0 spiro atoms. The van der Waals surface area contributed by atoms with Crippen molar-refractivity contribution in [2.24, 2.45) is 0 Å². The molecule has 0 atom stereocenters. The Labute approximate surface area is 109 Å². The molecule has 4 heteroatoms. The molecule has 2 rings (SSSR count). The van der Waals surface area contributed by atoms with Crippen molar-refractivity contribution in [1.29, 1.82) is 0 Å². The summed E-state index contributed by atoms with van der Waals surface area (Å²) in [6.45, 7) is 6.67. The monoisotopic (exact) mass is 249 g/mol. The molecule has 0 aromatic carbocycles. The van der Waals surface area contributed by atoms with Crippen molar-refractivity contribution in [3.05, 3.63) is 30.1 Å². The number of aliphatic hydroxyl groups is 1. The Hall–Kier alpha value is -0.970. The molecular formula is C14H23N3O. The number of aromatic nitrogens is 1. The van der Waals surface area contributed by atoms with Crippen LogP contribution in [0.15, 0.2) is 24.5 Å². The van der Waals surface area contributed by atoms with E-state index in [4.69, 9.17) is 5.11 Å². The summed E-state index contributed by atoms with van der Waals surface area (Å²) >= 11 is 0. The van der Waals surface area contributed by atoms with Crippen LogP contribution in [0.25, 0.3) is 0 Å². The highest BCUT2D eigenvalue weighted by molar-refractivity contribution is 5.08. The fraction of sp³-hybridized carbons (Fsp3) is 0.643. The summed E-state index contributed by atoms with van der Waals surface area (Å²) in [4.78, 5) is 9.02. The molecule has 1 aromatic rings. The zero-order valence-electron chi connectivity index (χ0n) is 11.0. The van der Waals surface area contributed by atoms with E-state index in [-0.39, 0.29) is 6.61 Å². The number of hydrogen-bond acceptors (Lipinski definition) is 4. The fourth-order valence-electron chi connectivity index (χ4n) is 2.45. The van der Waals surface area contributed by atoms with Gasteiger partial charge in [0.1, 0.15) is 0 Å². The highest BCUT2D eigenvalue weighted by Crippen LogP contribution is 2.05. The van der Waals surface area contributed by atoms with Gasteiger partial charge in [0.25, 0.3) is 0 Å². The highest BCUT2D eigenvalue weighted by Gasteiger charge is 2.13. The molecule has 1 aliphatic heterocycles. The quantitative estimate of drug-likeness (QED) is 0.830. The zero-order chi connectivity index (χ0) is 12.6. The van der Waals surface area contributed by atoms with Gasteiger partial charge in [-0.15, -0.1) is 0 Å². The second-order valence-electron chi connectivity index (χ2n) is 4.87. The largest absolute Gasteiger partial charge is 0.395 e. The molecule has 0 saturated carbocycles. The van der Waals surface area contributed by atoms with Gasteiger partial charge in [0.05, 0.1) is 6.61 Å². The van der Waals surface area contributed by atoms with E-state index < -0.39 is 0 Å². The molecule has 1 fully saturated rings. The third-order valence-corrected chi connectivity index (χ3v) is 3.54. The molecule has 0 aliphatic carbocycles. The van der Waals surface area contributed by atoms with E-state index in [9.17, 15) is 0 Å². The fourth-order valence-corrected chi connectivity index (χ4v) is 2.45. The van der Waals surface area contributed by atoms with E-state index in [0.717, 1.165) is 39.1 Å². The summed E-state index contributed by atoms with van der Waals surface area (Å²) < 4.78 is 0. The van der Waals surface area contributed by atoms with E-state index in [1.54, 1.807) is 0 Å². The first-order valence-electron chi connectivity index (χ1n) is 6.83. The number of nitrogens with zero attached hydrogens (tertiary/aromatic N) is 3. The lowest BCUT2D eigenvalue weighted by Crippen LogP contribution is -2.33. The molecule has 0 radical (unpaired) electrons. The molecule has 18 heavy (non-hydrogen) atoms. The van der Waals surface area contributed by atoms with Crippen molar-refractivity contribution in [3.63, 3.8) is 0 Å². The SMILES string of the molecule is OCCN1CCCN(CCc2cccnc2)CC1. The summed E-state index contributed by atoms with van der Waals surface area (Å²) in [6, 6.07) is 4.14. The molecule has 2 heterocycles. The van der Waals surface area contributed by atoms with E-state index in [2.05, 4.69) is 20.9 Å². The van der Waals surface area contributed by atoms with E-state index in [1.165, 1.54) is 18.5 Å². The summed E-state index contributed by atoms with van der Waals surface area (Å²) in [6.07, 6.45) is 6.05. The Morgan fingerprint density at radius 2 is 1.89 bits per heavy atom. The molecule has 0 amide bonds. The minimum absolute atomic E-state index is 0.273. The highest BCUT2D eigenvalue weighted by atomic mass is 16.3. The average Bonchev–Trinajstić information content (AvgIpc) is 2.64. The second-order valence-corrected chi connectivity index (χ2v) is 4.87. The van der Waals surface area contributed by atoms with Crippen LogP contribution in [0.4, 0.5) is 0 Å². The molecule has 0 unspecified atom stereocenters. The molecule has 1 aromatic heterocycles. The van der Waals surface area contributed by atoms with Crippen molar-refractivity contribution in [3.8, 4) is 0 Å². The van der Waals surface area contributed by atoms with Crippen LogP contribution in [0, 0.1) is 0 Å². The maximum Gasteiger partial charge on any atom is 0.0558 e. The minimum Gasteiger partial charge on any atom is -0.395 e. The van der Waals surface area contributed by atoms with Gasteiger partial charge in [-0.05, 0) is 37.6 Å². The van der Waals surface area contributed by atoms with Crippen molar-refractivity contribution in [2.45, 2.75) is 12.8 Å². The molecule has 1 aliphatic rings. The predicted molar refractivity (Wildman–Crippen MR) is 72.5 cm³/mol. The van der Waals surface area contributed by atoms with Crippen LogP contribution in [0.5, 0.6) is 0 Å². The molecular weight excluding hydrogens is 226 g/mol. The first-order chi connectivity index (χ1) is 8.88. The lowest BCUT2D eigenvalue weighted by Gasteiger charge is -2.21. The summed E-state index contributed by atoms with van der Waals surface area (Å²) in [7, 11) is 0. The third-order valence-electron chi connectivity index (χ3n) is 3.54. The number of pyridine rings is 1. The smallest absolute Gasteiger partial charge is 0.0558 e. The molecule has 0 bridgehead atoms. The third kappa shape index (κ3) is 4.37. The molecule has 100 valence electrons. The van der Waals surface area contributed by atoms with Crippen molar-refractivity contribution < 1.29 is 5.11 Å². The van der Waals surface area contributed by atoms with E-state index in [1.807, 2.05) is 18.5 Å². The number of hydrogen-bond donors (Lipinski definition) is 1. The lowest BCUT2D eigenvalue weighted by molar-refractivity contribution is 0.197. The van der Waals surface area contributed by atoms with Gasteiger partial charge in [0, 0.05) is 38.6 Å². The number of rotatable bonds is 5. The van der Waals surface area contributed by atoms with Gasteiger partial charge >= 0.3 is 0 Å². The van der Waals surface area contributed by atoms with Gasteiger partial charge in [0.2, 0.25) is 0 Å². The number of aliphatic hydroxyl groups excluding tert-OH is 1. The van der Waals surface area contributed by atoms with Crippen LogP contribution in [0.1, 0.15) is 12.0 Å². The van der Waals surface area contributed by atoms with Gasteiger partial charge < -0.3 is 10.0 Å². The van der Waals surface area contributed by atoms with Crippen LogP contribution in [-0.2, 0) is 6.42 Å². The Morgan fingerprint density at radius 3 is 2.56 bits per heavy atom. The van der Waals surface area contributed by atoms with E-state index in [0.29, 0.717) is 0 Å². The Balaban J connectivity index is 1.73. The number of β-amino-alcohol motifs (C(OH)–C–C–N with tert-alkyl or cyclic N) is 1. The summed E-state index contributed by atoms with van der Waals surface area (Å²) in [5.74, 6) is 0. The first-order valence-corrected chi connectivity index (χ1v) is 6.83.